The lowest BCUT2D eigenvalue weighted by molar-refractivity contribution is -0.149. The first-order valence-electron chi connectivity index (χ1n) is 11.7. The number of hydrogen-bond donors (Lipinski definition) is 0. The first kappa shape index (κ1) is 18.9. The van der Waals surface area contributed by atoms with Gasteiger partial charge in [0.2, 0.25) is 5.91 Å². The molecule has 1 aliphatic carbocycles. The van der Waals surface area contributed by atoms with E-state index in [4.69, 9.17) is 4.98 Å². The first-order chi connectivity index (χ1) is 14.2. The van der Waals surface area contributed by atoms with Gasteiger partial charge >= 0.3 is 0 Å². The Balaban J connectivity index is 1.49. The Morgan fingerprint density at radius 2 is 2.00 bits per heavy atom. The zero-order valence-electron chi connectivity index (χ0n) is 17.6. The number of nitriles is 1. The fraction of sp³-hybridized carbons (Fsp3) is 0.708. The van der Waals surface area contributed by atoms with Crippen molar-refractivity contribution in [2.45, 2.75) is 83.2 Å². The minimum atomic E-state index is 0.361. The van der Waals surface area contributed by atoms with E-state index in [9.17, 15) is 10.1 Å². The van der Waals surface area contributed by atoms with Crippen molar-refractivity contribution < 1.29 is 4.79 Å². The number of rotatable bonds is 3. The molecule has 0 unspecified atom stereocenters. The molecular formula is C24H32N4O. The average molecular weight is 393 g/mol. The van der Waals surface area contributed by atoms with Gasteiger partial charge in [-0.15, -0.1) is 0 Å². The molecule has 1 amide bonds. The highest BCUT2D eigenvalue weighted by molar-refractivity contribution is 5.78. The van der Waals surface area contributed by atoms with Crippen LogP contribution in [0.3, 0.4) is 0 Å². The molecule has 0 spiro atoms. The zero-order chi connectivity index (χ0) is 20.0. The maximum atomic E-state index is 12.8. The molecule has 2 bridgehead atoms. The fourth-order valence-electron chi connectivity index (χ4n) is 6.56. The van der Waals surface area contributed by atoms with E-state index >= 15 is 0 Å². The topological polar surface area (TPSA) is 60.2 Å². The second-order valence-electron chi connectivity index (χ2n) is 9.56. The number of fused-ring (bicyclic) bond motifs is 5. The molecule has 4 heterocycles. The van der Waals surface area contributed by atoms with Crippen LogP contribution in [-0.4, -0.2) is 41.0 Å². The normalized spacial score (nSPS) is 31.1. The maximum Gasteiger partial charge on any atom is 0.223 e. The van der Waals surface area contributed by atoms with Crippen molar-refractivity contribution >= 4 is 11.7 Å². The molecule has 5 nitrogen and oxygen atoms in total. The van der Waals surface area contributed by atoms with Crippen LogP contribution in [0.5, 0.6) is 0 Å². The Labute approximate surface area is 174 Å². The van der Waals surface area contributed by atoms with Crippen LogP contribution >= 0.6 is 0 Å². The van der Waals surface area contributed by atoms with Crippen LogP contribution in [-0.2, 0) is 17.6 Å². The summed E-state index contributed by atoms with van der Waals surface area (Å²) in [4.78, 5) is 22.6. The van der Waals surface area contributed by atoms with Crippen molar-refractivity contribution in [1.82, 2.24) is 9.88 Å². The number of pyridine rings is 1. The van der Waals surface area contributed by atoms with Gasteiger partial charge in [-0.25, -0.2) is 4.98 Å². The number of hydrogen-bond acceptors (Lipinski definition) is 4. The maximum absolute atomic E-state index is 12.8. The summed E-state index contributed by atoms with van der Waals surface area (Å²) in [7, 11) is 0. The number of carbonyl (C=O) groups excluding carboxylic acids is 1. The SMILES string of the molecule is CCC[C@H]1[C@H]2C[C@H](CN(c3nc4c(cc3C#N)CCCC4)C2)[C@@H]2CCCC(=O)N21. The van der Waals surface area contributed by atoms with Crippen LogP contribution in [0.1, 0.15) is 75.1 Å². The summed E-state index contributed by atoms with van der Waals surface area (Å²) in [6.07, 6.45) is 10.8. The molecule has 154 valence electrons. The van der Waals surface area contributed by atoms with Gasteiger partial charge in [-0.2, -0.15) is 5.26 Å². The monoisotopic (exact) mass is 392 g/mol. The summed E-state index contributed by atoms with van der Waals surface area (Å²) >= 11 is 0. The molecule has 0 saturated carbocycles. The van der Waals surface area contributed by atoms with Crippen LogP contribution in [0.15, 0.2) is 6.07 Å². The minimum Gasteiger partial charge on any atom is -0.355 e. The Morgan fingerprint density at radius 3 is 2.83 bits per heavy atom. The van der Waals surface area contributed by atoms with Gasteiger partial charge < -0.3 is 9.80 Å². The average Bonchev–Trinajstić information content (AvgIpc) is 2.75. The third kappa shape index (κ3) is 3.21. The largest absolute Gasteiger partial charge is 0.355 e. The van der Waals surface area contributed by atoms with Crippen LogP contribution in [0.2, 0.25) is 0 Å². The summed E-state index contributed by atoms with van der Waals surface area (Å²) < 4.78 is 0. The smallest absolute Gasteiger partial charge is 0.223 e. The number of anilines is 1. The number of aryl methyl sites for hydroxylation is 2. The van der Waals surface area contributed by atoms with Crippen molar-refractivity contribution in [3.05, 3.63) is 22.9 Å². The number of carbonyl (C=O) groups is 1. The number of piperidine rings is 3. The molecule has 0 radical (unpaired) electrons. The summed E-state index contributed by atoms with van der Waals surface area (Å²) in [5, 5.41) is 9.84. The molecular weight excluding hydrogens is 360 g/mol. The molecule has 0 N–H and O–H groups in total. The number of nitrogens with zero attached hydrogens (tertiary/aromatic N) is 4. The molecule has 4 aliphatic rings. The quantitative estimate of drug-likeness (QED) is 0.784. The van der Waals surface area contributed by atoms with Crippen LogP contribution in [0.4, 0.5) is 5.82 Å². The minimum absolute atomic E-state index is 0.361. The van der Waals surface area contributed by atoms with E-state index in [1.54, 1.807) is 0 Å². The van der Waals surface area contributed by atoms with E-state index in [2.05, 4.69) is 28.9 Å². The van der Waals surface area contributed by atoms with Crippen LogP contribution in [0.25, 0.3) is 0 Å². The lowest BCUT2D eigenvalue weighted by atomic mass is 9.71. The molecule has 3 fully saturated rings. The molecule has 1 aromatic heterocycles. The third-order valence-corrected chi connectivity index (χ3v) is 7.78. The second kappa shape index (κ2) is 7.63. The zero-order valence-corrected chi connectivity index (χ0v) is 17.6. The van der Waals surface area contributed by atoms with Gasteiger partial charge in [-0.3, -0.25) is 4.79 Å². The molecule has 0 aromatic carbocycles. The van der Waals surface area contributed by atoms with Crippen molar-refractivity contribution in [1.29, 1.82) is 5.26 Å². The fourth-order valence-corrected chi connectivity index (χ4v) is 6.56. The van der Waals surface area contributed by atoms with Gasteiger partial charge in [0.1, 0.15) is 11.9 Å². The summed E-state index contributed by atoms with van der Waals surface area (Å²) in [5.74, 6) is 2.30. The van der Waals surface area contributed by atoms with Gasteiger partial charge in [0.25, 0.3) is 0 Å². The van der Waals surface area contributed by atoms with Crippen LogP contribution in [0, 0.1) is 23.2 Å². The van der Waals surface area contributed by atoms with E-state index in [0.717, 1.165) is 69.4 Å². The van der Waals surface area contributed by atoms with E-state index in [-0.39, 0.29) is 0 Å². The van der Waals surface area contributed by atoms with Crippen LogP contribution < -0.4 is 4.90 Å². The van der Waals surface area contributed by atoms with E-state index in [1.807, 2.05) is 0 Å². The van der Waals surface area contributed by atoms with Crippen molar-refractivity contribution in [3.63, 3.8) is 0 Å². The first-order valence-corrected chi connectivity index (χ1v) is 11.7. The molecule has 29 heavy (non-hydrogen) atoms. The predicted molar refractivity (Wildman–Crippen MR) is 113 cm³/mol. The van der Waals surface area contributed by atoms with Crippen molar-refractivity contribution in [3.8, 4) is 6.07 Å². The lowest BCUT2D eigenvalue weighted by Gasteiger charge is -2.57. The molecule has 3 aliphatic heterocycles. The van der Waals surface area contributed by atoms with Gasteiger partial charge in [0.05, 0.1) is 5.56 Å². The Bertz CT molecular complexity index is 844. The summed E-state index contributed by atoms with van der Waals surface area (Å²) in [6.45, 7) is 4.09. The van der Waals surface area contributed by atoms with Crippen molar-refractivity contribution in [2.75, 3.05) is 18.0 Å². The molecule has 3 saturated heterocycles. The molecule has 4 atom stereocenters. The number of amides is 1. The third-order valence-electron chi connectivity index (χ3n) is 7.78. The van der Waals surface area contributed by atoms with Gasteiger partial charge in [0.15, 0.2) is 0 Å². The van der Waals surface area contributed by atoms with Gasteiger partial charge in [-0.05, 0) is 74.8 Å². The highest BCUT2D eigenvalue weighted by Gasteiger charge is 2.49. The van der Waals surface area contributed by atoms with E-state index in [0.29, 0.717) is 29.8 Å². The Hall–Kier alpha value is -2.09. The Morgan fingerprint density at radius 1 is 1.17 bits per heavy atom. The summed E-state index contributed by atoms with van der Waals surface area (Å²) in [5.41, 5.74) is 3.23. The summed E-state index contributed by atoms with van der Waals surface area (Å²) in [6, 6.07) is 5.30. The highest BCUT2D eigenvalue weighted by atomic mass is 16.2. The Kier molecular flexibility index (Phi) is 4.97. The van der Waals surface area contributed by atoms with Gasteiger partial charge in [0, 0.05) is 37.3 Å². The molecule has 5 heteroatoms. The molecule has 1 aromatic rings. The highest BCUT2D eigenvalue weighted by Crippen LogP contribution is 2.44. The van der Waals surface area contributed by atoms with E-state index in [1.165, 1.54) is 30.5 Å². The van der Waals surface area contributed by atoms with Crippen molar-refractivity contribution in [2.24, 2.45) is 11.8 Å². The standard InChI is InChI=1S/C24H32N4O/c1-2-6-21-18-12-19(22-9-5-10-23(29)28(21)22)15-27(14-18)24-17(13-25)11-16-7-3-4-8-20(16)26-24/h11,18-19,21-22H,2-10,12,14-15H2,1H3/t18-,19+,21-,22-/m0/s1. The number of aromatic nitrogens is 1. The van der Waals surface area contributed by atoms with Gasteiger partial charge in [-0.1, -0.05) is 13.3 Å². The van der Waals surface area contributed by atoms with E-state index < -0.39 is 0 Å². The molecule has 5 rings (SSSR count). The predicted octanol–water partition coefficient (Wildman–Crippen LogP) is 3.84. The second-order valence-corrected chi connectivity index (χ2v) is 9.56. The lowest BCUT2D eigenvalue weighted by Crippen LogP contribution is -2.65.